The number of hydrogen-bond donors (Lipinski definition) is 2. The molecule has 11 heteroatoms. The number of nitrogens with one attached hydrogen (secondary N) is 2. The molecule has 1 aliphatic heterocycles. The largest absolute Gasteiger partial charge is 0.495 e. The average Bonchev–Trinajstić information content (AvgIpc) is 3.25. The van der Waals surface area contributed by atoms with Crippen LogP contribution in [0.3, 0.4) is 0 Å². The third kappa shape index (κ3) is 4.12. The van der Waals surface area contributed by atoms with E-state index in [1.165, 1.54) is 55.9 Å². The SMILES string of the molecule is COc1ccc(C(=O)Nc2cc3c(cc2C#N)OCO3)cc1S(=O)(=O)Nc1cccnc1. The molecule has 0 spiro atoms. The summed E-state index contributed by atoms with van der Waals surface area (Å²) in [5, 5.41) is 12.0. The minimum Gasteiger partial charge on any atom is -0.495 e. The van der Waals surface area contributed by atoms with Crippen molar-refractivity contribution in [3.8, 4) is 23.3 Å². The Balaban J connectivity index is 1.65. The maximum atomic E-state index is 12.9. The Kier molecular flexibility index (Phi) is 5.53. The van der Waals surface area contributed by atoms with Crippen LogP contribution in [0.1, 0.15) is 15.9 Å². The molecule has 2 heterocycles. The molecule has 32 heavy (non-hydrogen) atoms. The molecule has 0 bridgehead atoms. The van der Waals surface area contributed by atoms with Crippen LogP contribution in [0, 0.1) is 11.3 Å². The fourth-order valence-electron chi connectivity index (χ4n) is 2.99. The van der Waals surface area contributed by atoms with E-state index < -0.39 is 15.9 Å². The minimum atomic E-state index is -4.09. The standard InChI is InChI=1S/C21H16N4O6S/c1-29-17-5-4-13(8-20(17)32(27,28)25-15-3-2-6-23-11-15)21(26)24-16-9-19-18(30-12-31-19)7-14(16)10-22/h2-9,11,25H,12H2,1H3,(H,24,26). The predicted molar refractivity (Wildman–Crippen MR) is 113 cm³/mol. The van der Waals surface area contributed by atoms with Crippen LogP contribution < -0.4 is 24.2 Å². The molecule has 1 aliphatic rings. The van der Waals surface area contributed by atoms with Crippen LogP contribution in [0.25, 0.3) is 0 Å². The van der Waals surface area contributed by atoms with Gasteiger partial charge in [0, 0.05) is 23.9 Å². The number of fused-ring (bicyclic) bond motifs is 1. The van der Waals surface area contributed by atoms with Crippen LogP contribution >= 0.6 is 0 Å². The molecule has 2 N–H and O–H groups in total. The van der Waals surface area contributed by atoms with Gasteiger partial charge in [0.25, 0.3) is 15.9 Å². The predicted octanol–water partition coefficient (Wildman–Crippen LogP) is 2.74. The Morgan fingerprint density at radius 1 is 1.19 bits per heavy atom. The third-order valence-corrected chi connectivity index (χ3v) is 5.91. The van der Waals surface area contributed by atoms with E-state index in [1.54, 1.807) is 6.07 Å². The second-order valence-electron chi connectivity index (χ2n) is 6.53. The molecular formula is C21H16N4O6S. The number of sulfonamides is 1. The van der Waals surface area contributed by atoms with Gasteiger partial charge in [-0.25, -0.2) is 8.42 Å². The van der Waals surface area contributed by atoms with Gasteiger partial charge < -0.3 is 19.5 Å². The Morgan fingerprint density at radius 2 is 1.97 bits per heavy atom. The highest BCUT2D eigenvalue weighted by molar-refractivity contribution is 7.92. The van der Waals surface area contributed by atoms with Crippen LogP contribution in [0.5, 0.6) is 17.2 Å². The number of aromatic nitrogens is 1. The Labute approximate surface area is 183 Å². The number of hydrogen-bond acceptors (Lipinski definition) is 8. The van der Waals surface area contributed by atoms with E-state index in [0.29, 0.717) is 11.5 Å². The minimum absolute atomic E-state index is 0.0151. The number of pyridine rings is 1. The van der Waals surface area contributed by atoms with E-state index in [2.05, 4.69) is 15.0 Å². The molecule has 0 saturated heterocycles. The number of nitrogens with zero attached hydrogens (tertiary/aromatic N) is 2. The second kappa shape index (κ2) is 8.44. The van der Waals surface area contributed by atoms with Crippen LogP contribution in [0.15, 0.2) is 59.8 Å². The summed E-state index contributed by atoms with van der Waals surface area (Å²) in [6.45, 7) is 0.0151. The first-order chi connectivity index (χ1) is 15.4. The molecule has 0 saturated carbocycles. The normalized spacial score (nSPS) is 12.0. The Hall–Kier alpha value is -4.30. The molecule has 1 aromatic heterocycles. The number of amides is 1. The number of anilines is 2. The van der Waals surface area contributed by atoms with Gasteiger partial charge in [-0.1, -0.05) is 0 Å². The molecule has 0 atom stereocenters. The highest BCUT2D eigenvalue weighted by Crippen LogP contribution is 2.37. The van der Waals surface area contributed by atoms with Crippen molar-refractivity contribution in [3.05, 3.63) is 66.0 Å². The molecule has 3 aromatic rings. The van der Waals surface area contributed by atoms with Gasteiger partial charge in [0.1, 0.15) is 16.7 Å². The molecule has 0 radical (unpaired) electrons. The zero-order valence-electron chi connectivity index (χ0n) is 16.7. The molecular weight excluding hydrogens is 436 g/mol. The van der Waals surface area contributed by atoms with Crippen molar-refractivity contribution in [2.75, 3.05) is 23.9 Å². The van der Waals surface area contributed by atoms with Crippen molar-refractivity contribution < 1.29 is 27.4 Å². The van der Waals surface area contributed by atoms with Gasteiger partial charge in [-0.05, 0) is 30.3 Å². The van der Waals surface area contributed by atoms with Gasteiger partial charge in [-0.3, -0.25) is 14.5 Å². The van der Waals surface area contributed by atoms with Crippen molar-refractivity contribution in [1.82, 2.24) is 4.98 Å². The van der Waals surface area contributed by atoms with Crippen molar-refractivity contribution >= 4 is 27.3 Å². The number of rotatable bonds is 6. The number of benzene rings is 2. The molecule has 0 aliphatic carbocycles. The molecule has 0 unspecified atom stereocenters. The summed E-state index contributed by atoms with van der Waals surface area (Å²) in [5.41, 5.74) is 0.667. The lowest BCUT2D eigenvalue weighted by atomic mass is 10.1. The summed E-state index contributed by atoms with van der Waals surface area (Å²) in [6.07, 6.45) is 2.86. The fraction of sp³-hybridized carbons (Fsp3) is 0.0952. The van der Waals surface area contributed by atoms with E-state index in [0.717, 1.165) is 0 Å². The summed E-state index contributed by atoms with van der Waals surface area (Å²) in [4.78, 5) is 16.5. The summed E-state index contributed by atoms with van der Waals surface area (Å²) in [5.74, 6) is 0.219. The topological polar surface area (TPSA) is 140 Å². The van der Waals surface area contributed by atoms with Gasteiger partial charge in [0.2, 0.25) is 6.79 Å². The molecule has 162 valence electrons. The average molecular weight is 452 g/mol. The number of nitriles is 1. The maximum absolute atomic E-state index is 12.9. The highest BCUT2D eigenvalue weighted by atomic mass is 32.2. The fourth-order valence-corrected chi connectivity index (χ4v) is 4.23. The van der Waals surface area contributed by atoms with Crippen LogP contribution in [0.4, 0.5) is 11.4 Å². The van der Waals surface area contributed by atoms with Crippen molar-refractivity contribution in [2.45, 2.75) is 4.90 Å². The summed E-state index contributed by atoms with van der Waals surface area (Å²) in [7, 11) is -2.77. The summed E-state index contributed by atoms with van der Waals surface area (Å²) >= 11 is 0. The monoisotopic (exact) mass is 452 g/mol. The summed E-state index contributed by atoms with van der Waals surface area (Å²) in [6, 6.07) is 12.0. The number of methoxy groups -OCH3 is 1. The van der Waals surface area contributed by atoms with Gasteiger partial charge in [-0.15, -0.1) is 0 Å². The van der Waals surface area contributed by atoms with Crippen LogP contribution in [-0.2, 0) is 10.0 Å². The van der Waals surface area contributed by atoms with Crippen molar-refractivity contribution in [2.24, 2.45) is 0 Å². The molecule has 2 aromatic carbocycles. The smallest absolute Gasteiger partial charge is 0.265 e. The first-order valence-corrected chi connectivity index (χ1v) is 10.7. The van der Waals surface area contributed by atoms with E-state index in [9.17, 15) is 18.5 Å². The van der Waals surface area contributed by atoms with E-state index in [-0.39, 0.29) is 39.9 Å². The van der Waals surface area contributed by atoms with Gasteiger partial charge in [0.05, 0.1) is 30.2 Å². The van der Waals surface area contributed by atoms with Crippen molar-refractivity contribution in [3.63, 3.8) is 0 Å². The zero-order chi connectivity index (χ0) is 22.7. The first-order valence-electron chi connectivity index (χ1n) is 9.17. The zero-order valence-corrected chi connectivity index (χ0v) is 17.5. The van der Waals surface area contributed by atoms with Gasteiger partial charge in [0.15, 0.2) is 11.5 Å². The lowest BCUT2D eigenvalue weighted by molar-refractivity contribution is 0.102. The maximum Gasteiger partial charge on any atom is 0.265 e. The molecule has 4 rings (SSSR count). The quantitative estimate of drug-likeness (QED) is 0.582. The first kappa shape index (κ1) is 21.0. The molecule has 10 nitrogen and oxygen atoms in total. The van der Waals surface area contributed by atoms with Crippen LogP contribution in [-0.4, -0.2) is 33.2 Å². The number of ether oxygens (including phenoxy) is 3. The third-order valence-electron chi connectivity index (χ3n) is 4.51. The van der Waals surface area contributed by atoms with Gasteiger partial charge >= 0.3 is 0 Å². The van der Waals surface area contributed by atoms with Gasteiger partial charge in [-0.2, -0.15) is 5.26 Å². The second-order valence-corrected chi connectivity index (χ2v) is 8.18. The highest BCUT2D eigenvalue weighted by Gasteiger charge is 2.23. The number of carbonyl (C=O) groups is 1. The molecule has 1 amide bonds. The molecule has 0 fully saturated rings. The Morgan fingerprint density at radius 3 is 2.66 bits per heavy atom. The van der Waals surface area contributed by atoms with E-state index in [4.69, 9.17) is 14.2 Å². The lowest BCUT2D eigenvalue weighted by Gasteiger charge is -2.13. The number of carbonyl (C=O) groups excluding carboxylic acids is 1. The lowest BCUT2D eigenvalue weighted by Crippen LogP contribution is -2.17. The van der Waals surface area contributed by atoms with Crippen molar-refractivity contribution in [1.29, 1.82) is 5.26 Å². The summed E-state index contributed by atoms with van der Waals surface area (Å²) < 4.78 is 43.9. The van der Waals surface area contributed by atoms with E-state index >= 15 is 0 Å². The van der Waals surface area contributed by atoms with Crippen LogP contribution in [0.2, 0.25) is 0 Å². The van der Waals surface area contributed by atoms with E-state index in [1.807, 2.05) is 6.07 Å². The Bertz CT molecular complexity index is 1340.